The molecule has 2 aliphatic heterocycles. The van der Waals surface area contributed by atoms with Crippen LogP contribution in [0.25, 0.3) is 0 Å². The van der Waals surface area contributed by atoms with Crippen LogP contribution >= 0.6 is 0 Å². The monoisotopic (exact) mass is 464 g/mol. The van der Waals surface area contributed by atoms with E-state index in [4.69, 9.17) is 4.74 Å². The number of sulfone groups is 2. The maximum Gasteiger partial charge on any atom is 0.187 e. The number of ether oxygens (including phenoxy) is 1. The van der Waals surface area contributed by atoms with Gasteiger partial charge in [-0.3, -0.25) is 4.90 Å². The van der Waals surface area contributed by atoms with E-state index < -0.39 is 31.0 Å². The van der Waals surface area contributed by atoms with Gasteiger partial charge in [0.25, 0.3) is 0 Å². The summed E-state index contributed by atoms with van der Waals surface area (Å²) in [6.07, 6.45) is 0. The Kier molecular flexibility index (Phi) is 6.02. The van der Waals surface area contributed by atoms with E-state index in [1.165, 1.54) is 7.11 Å². The molecule has 2 atom stereocenters. The van der Waals surface area contributed by atoms with Gasteiger partial charge in [-0.05, 0) is 36.8 Å². The Hall–Kier alpha value is -2.10. The highest BCUT2D eigenvalue weighted by Crippen LogP contribution is 2.34. The SMILES string of the molecule is COc1ccc(C)cc1S(=O)(=O)[C@@H]1CS(=O)(=O)C[C@@H]1N1CCN(c2ccccc2)CC1. The molecule has 2 heterocycles. The lowest BCUT2D eigenvalue weighted by molar-refractivity contribution is 0.201. The molecule has 7 nitrogen and oxygen atoms in total. The van der Waals surface area contributed by atoms with Gasteiger partial charge in [0.1, 0.15) is 10.6 Å². The summed E-state index contributed by atoms with van der Waals surface area (Å²) in [6, 6.07) is 14.5. The molecule has 4 rings (SSSR count). The minimum absolute atomic E-state index is 0.0741. The van der Waals surface area contributed by atoms with Crippen molar-refractivity contribution < 1.29 is 21.6 Å². The lowest BCUT2D eigenvalue weighted by atomic mass is 10.1. The zero-order valence-electron chi connectivity index (χ0n) is 17.8. The third kappa shape index (κ3) is 4.44. The standard InChI is InChI=1S/C22H28N2O5S2/c1-17-8-9-20(29-2)21(14-17)31(27,28)22-16-30(25,26)15-19(22)24-12-10-23(11-13-24)18-6-4-3-5-7-18/h3-9,14,19,22H,10-13,15-16H2,1-2H3/t19-,22+/m0/s1. The van der Waals surface area contributed by atoms with Crippen LogP contribution in [0.1, 0.15) is 5.56 Å². The highest BCUT2D eigenvalue weighted by atomic mass is 32.2. The highest BCUT2D eigenvalue weighted by Gasteiger charge is 2.49. The van der Waals surface area contributed by atoms with Crippen LogP contribution in [0.15, 0.2) is 53.4 Å². The molecule has 0 aliphatic carbocycles. The summed E-state index contributed by atoms with van der Waals surface area (Å²) in [5, 5.41) is -1.00. The molecular weight excluding hydrogens is 436 g/mol. The summed E-state index contributed by atoms with van der Waals surface area (Å²) in [4.78, 5) is 4.35. The number of hydrogen-bond acceptors (Lipinski definition) is 7. The number of aryl methyl sites for hydroxylation is 1. The van der Waals surface area contributed by atoms with Gasteiger partial charge in [-0.2, -0.15) is 0 Å². The zero-order chi connectivity index (χ0) is 22.2. The van der Waals surface area contributed by atoms with Crippen molar-refractivity contribution in [3.8, 4) is 5.75 Å². The number of hydrogen-bond donors (Lipinski definition) is 0. The van der Waals surface area contributed by atoms with Crippen LogP contribution in [-0.2, 0) is 19.7 Å². The Morgan fingerprint density at radius 2 is 1.65 bits per heavy atom. The molecule has 2 saturated heterocycles. The zero-order valence-corrected chi connectivity index (χ0v) is 19.4. The van der Waals surface area contributed by atoms with Crippen molar-refractivity contribution in [3.63, 3.8) is 0 Å². The molecule has 168 valence electrons. The molecular formula is C22H28N2O5S2. The second kappa shape index (κ2) is 8.44. The van der Waals surface area contributed by atoms with Crippen molar-refractivity contribution in [3.05, 3.63) is 54.1 Å². The lowest BCUT2D eigenvalue weighted by Gasteiger charge is -2.40. The first-order valence-corrected chi connectivity index (χ1v) is 13.7. The molecule has 0 amide bonds. The van der Waals surface area contributed by atoms with E-state index in [2.05, 4.69) is 4.90 Å². The average Bonchev–Trinajstić information content (AvgIpc) is 3.11. The minimum atomic E-state index is -3.90. The van der Waals surface area contributed by atoms with E-state index in [-0.39, 0.29) is 22.2 Å². The summed E-state index contributed by atoms with van der Waals surface area (Å²) < 4.78 is 57.6. The predicted octanol–water partition coefficient (Wildman–Crippen LogP) is 1.77. The van der Waals surface area contributed by atoms with E-state index in [0.717, 1.165) is 24.3 Å². The minimum Gasteiger partial charge on any atom is -0.495 e. The Balaban J connectivity index is 1.60. The normalized spacial score (nSPS) is 24.3. The van der Waals surface area contributed by atoms with Crippen LogP contribution in [0.4, 0.5) is 5.69 Å². The maximum atomic E-state index is 13.6. The molecule has 2 aromatic rings. The van der Waals surface area contributed by atoms with Crippen molar-refractivity contribution in [2.45, 2.75) is 23.1 Å². The molecule has 2 aromatic carbocycles. The Labute approximate surface area is 184 Å². The second-order valence-corrected chi connectivity index (χ2v) is 12.5. The van der Waals surface area contributed by atoms with E-state index in [0.29, 0.717) is 13.1 Å². The van der Waals surface area contributed by atoms with Crippen LogP contribution in [-0.4, -0.2) is 77.8 Å². The topological polar surface area (TPSA) is 84.0 Å². The number of methoxy groups -OCH3 is 1. The highest BCUT2D eigenvalue weighted by molar-refractivity contribution is 7.96. The van der Waals surface area contributed by atoms with Gasteiger partial charge in [0, 0.05) is 37.9 Å². The van der Waals surface area contributed by atoms with E-state index in [1.54, 1.807) is 18.2 Å². The predicted molar refractivity (Wildman–Crippen MR) is 121 cm³/mol. The average molecular weight is 465 g/mol. The van der Waals surface area contributed by atoms with Crippen molar-refractivity contribution in [1.82, 2.24) is 4.90 Å². The fourth-order valence-electron chi connectivity index (χ4n) is 4.55. The Morgan fingerprint density at radius 3 is 2.29 bits per heavy atom. The summed E-state index contributed by atoms with van der Waals surface area (Å²) in [5.74, 6) is -0.227. The van der Waals surface area contributed by atoms with Gasteiger partial charge >= 0.3 is 0 Å². The summed E-state index contributed by atoms with van der Waals surface area (Å²) in [5.41, 5.74) is 1.91. The van der Waals surface area contributed by atoms with Crippen LogP contribution in [0.5, 0.6) is 5.75 Å². The van der Waals surface area contributed by atoms with E-state index in [1.807, 2.05) is 42.2 Å². The molecule has 2 aliphatic rings. The van der Waals surface area contributed by atoms with Gasteiger partial charge < -0.3 is 9.64 Å². The lowest BCUT2D eigenvalue weighted by Crippen LogP contribution is -2.55. The molecule has 0 aromatic heterocycles. The molecule has 31 heavy (non-hydrogen) atoms. The first-order chi connectivity index (χ1) is 14.7. The molecule has 0 spiro atoms. The maximum absolute atomic E-state index is 13.6. The summed E-state index contributed by atoms with van der Waals surface area (Å²) in [6.45, 7) is 4.49. The van der Waals surface area contributed by atoms with Crippen molar-refractivity contribution in [2.24, 2.45) is 0 Å². The van der Waals surface area contributed by atoms with Crippen molar-refractivity contribution in [1.29, 1.82) is 0 Å². The number of piperazine rings is 1. The smallest absolute Gasteiger partial charge is 0.187 e. The molecule has 0 saturated carbocycles. The van der Waals surface area contributed by atoms with Gasteiger partial charge in [-0.15, -0.1) is 0 Å². The first-order valence-electron chi connectivity index (χ1n) is 10.3. The number of anilines is 1. The molecule has 0 unspecified atom stereocenters. The van der Waals surface area contributed by atoms with Crippen LogP contribution in [0.2, 0.25) is 0 Å². The Morgan fingerprint density at radius 1 is 0.968 bits per heavy atom. The fourth-order valence-corrected chi connectivity index (χ4v) is 9.63. The number of rotatable bonds is 5. The van der Waals surface area contributed by atoms with Gasteiger partial charge in [-0.1, -0.05) is 24.3 Å². The van der Waals surface area contributed by atoms with Gasteiger partial charge in [0.2, 0.25) is 0 Å². The van der Waals surface area contributed by atoms with E-state index in [9.17, 15) is 16.8 Å². The van der Waals surface area contributed by atoms with Gasteiger partial charge in [-0.25, -0.2) is 16.8 Å². The van der Waals surface area contributed by atoms with Crippen LogP contribution < -0.4 is 9.64 Å². The second-order valence-electron chi connectivity index (χ2n) is 8.24. The van der Waals surface area contributed by atoms with E-state index >= 15 is 0 Å². The number of para-hydroxylation sites is 1. The molecule has 0 bridgehead atoms. The van der Waals surface area contributed by atoms with Gasteiger partial charge in [0.15, 0.2) is 19.7 Å². The van der Waals surface area contributed by atoms with Gasteiger partial charge in [0.05, 0.1) is 23.9 Å². The molecule has 0 N–H and O–H groups in total. The largest absolute Gasteiger partial charge is 0.495 e. The summed E-state index contributed by atoms with van der Waals surface area (Å²) in [7, 11) is -5.93. The molecule has 9 heteroatoms. The quantitative estimate of drug-likeness (QED) is 0.667. The summed E-state index contributed by atoms with van der Waals surface area (Å²) >= 11 is 0. The number of benzene rings is 2. The first kappa shape index (κ1) is 22.1. The van der Waals surface area contributed by atoms with Crippen molar-refractivity contribution in [2.75, 3.05) is 49.7 Å². The number of nitrogens with zero attached hydrogens (tertiary/aromatic N) is 2. The van der Waals surface area contributed by atoms with Crippen LogP contribution in [0, 0.1) is 6.92 Å². The van der Waals surface area contributed by atoms with Crippen molar-refractivity contribution >= 4 is 25.4 Å². The molecule has 2 fully saturated rings. The Bertz CT molecular complexity index is 1140. The third-order valence-corrected chi connectivity index (χ3v) is 10.3. The molecule has 0 radical (unpaired) electrons. The van der Waals surface area contributed by atoms with Crippen LogP contribution in [0.3, 0.4) is 0 Å². The third-order valence-electron chi connectivity index (χ3n) is 6.20. The fraction of sp³-hybridized carbons (Fsp3) is 0.455.